The van der Waals surface area contributed by atoms with Crippen molar-refractivity contribution in [1.29, 1.82) is 0 Å². The standard InChI is InChI=1S/2C4H9NO.2C2H4O2/c2*1-3-6-4-2-5-1;2*1-2(3)4/h2*5H,1-4H2;2*1H3,(H,3,4). The van der Waals surface area contributed by atoms with E-state index in [2.05, 4.69) is 10.6 Å². The van der Waals surface area contributed by atoms with Gasteiger partial charge < -0.3 is 39.9 Å². The van der Waals surface area contributed by atoms with E-state index in [1.165, 1.54) is 0 Å². The van der Waals surface area contributed by atoms with Crippen LogP contribution in [0.2, 0.25) is 0 Å². The predicted octanol–water partition coefficient (Wildman–Crippen LogP) is -5.33. The third-order valence-electron chi connectivity index (χ3n) is 1.87. The van der Waals surface area contributed by atoms with Gasteiger partial charge in [0, 0.05) is 11.9 Å². The molecule has 0 atom stereocenters. The minimum Gasteiger partial charge on any atom is -0.550 e. The number of quaternary nitrogens is 2. The van der Waals surface area contributed by atoms with E-state index in [0.29, 0.717) is 0 Å². The van der Waals surface area contributed by atoms with E-state index in [1.807, 2.05) is 0 Å². The van der Waals surface area contributed by atoms with Crippen LogP contribution in [-0.4, -0.2) is 64.5 Å². The molecule has 2 rings (SSSR count). The van der Waals surface area contributed by atoms with Gasteiger partial charge in [-0.15, -0.1) is 0 Å². The smallest absolute Gasteiger partial charge is 0.0993 e. The lowest BCUT2D eigenvalue weighted by Gasteiger charge is -2.07. The summed E-state index contributed by atoms with van der Waals surface area (Å²) in [5, 5.41) is 22.3. The number of morpholine rings is 2. The molecule has 2 saturated heterocycles. The molecule has 2 heterocycles. The predicted molar refractivity (Wildman–Crippen MR) is 66.3 cm³/mol. The molecule has 0 aromatic carbocycles. The average molecular weight is 294 g/mol. The maximum absolute atomic E-state index is 8.89. The van der Waals surface area contributed by atoms with Crippen LogP contribution >= 0.6 is 0 Å². The number of carbonyl (C=O) groups is 2. The minimum absolute atomic E-state index is 0.944. The first-order valence-corrected chi connectivity index (χ1v) is 6.60. The van der Waals surface area contributed by atoms with Gasteiger partial charge in [0.25, 0.3) is 0 Å². The summed E-state index contributed by atoms with van der Waals surface area (Å²) in [5.41, 5.74) is 0. The summed E-state index contributed by atoms with van der Waals surface area (Å²) in [6.45, 7) is 10.3. The quantitative estimate of drug-likeness (QED) is 0.458. The van der Waals surface area contributed by atoms with Crippen LogP contribution in [0.25, 0.3) is 0 Å². The molecule has 20 heavy (non-hydrogen) atoms. The van der Waals surface area contributed by atoms with Gasteiger partial charge in [0.1, 0.15) is 0 Å². The Morgan fingerprint density at radius 3 is 1.00 bits per heavy atom. The van der Waals surface area contributed by atoms with Gasteiger partial charge in [0.2, 0.25) is 0 Å². The molecule has 0 spiro atoms. The summed E-state index contributed by atoms with van der Waals surface area (Å²) >= 11 is 0. The van der Waals surface area contributed by atoms with E-state index in [1.54, 1.807) is 0 Å². The second kappa shape index (κ2) is 17.8. The van der Waals surface area contributed by atoms with Gasteiger partial charge in [-0.3, -0.25) is 0 Å². The molecular formula is C12H26N2O6. The molecule has 120 valence electrons. The van der Waals surface area contributed by atoms with Crippen molar-refractivity contribution in [3.63, 3.8) is 0 Å². The topological polar surface area (TPSA) is 132 Å². The number of nitrogens with two attached hydrogens (primary N) is 2. The van der Waals surface area contributed by atoms with E-state index in [4.69, 9.17) is 29.3 Å². The maximum atomic E-state index is 8.89. The Labute approximate surface area is 119 Å². The van der Waals surface area contributed by atoms with E-state index >= 15 is 0 Å². The summed E-state index contributed by atoms with van der Waals surface area (Å²) in [4.78, 5) is 17.8. The molecule has 8 heteroatoms. The fourth-order valence-corrected chi connectivity index (χ4v) is 1.16. The van der Waals surface area contributed by atoms with E-state index in [0.717, 1.165) is 66.5 Å². The molecule has 2 fully saturated rings. The van der Waals surface area contributed by atoms with E-state index < -0.39 is 11.9 Å². The number of carboxylic acid groups (broad SMARTS) is 2. The van der Waals surface area contributed by atoms with Gasteiger partial charge in [0.05, 0.1) is 52.6 Å². The average Bonchev–Trinajstić information content (AvgIpc) is 2.42. The number of hydrogen-bond acceptors (Lipinski definition) is 6. The highest BCUT2D eigenvalue weighted by molar-refractivity contribution is 5.60. The van der Waals surface area contributed by atoms with Crippen molar-refractivity contribution in [2.24, 2.45) is 0 Å². The number of hydrogen-bond donors (Lipinski definition) is 2. The van der Waals surface area contributed by atoms with Crippen molar-refractivity contribution in [2.75, 3.05) is 52.6 Å². The van der Waals surface area contributed by atoms with Crippen molar-refractivity contribution in [1.82, 2.24) is 0 Å². The fraction of sp³-hybridized carbons (Fsp3) is 0.833. The third-order valence-corrected chi connectivity index (χ3v) is 1.87. The van der Waals surface area contributed by atoms with Crippen LogP contribution in [0.1, 0.15) is 13.8 Å². The molecule has 0 saturated carbocycles. The van der Waals surface area contributed by atoms with Crippen molar-refractivity contribution in [2.45, 2.75) is 13.8 Å². The van der Waals surface area contributed by atoms with Gasteiger partial charge in [-0.25, -0.2) is 0 Å². The lowest BCUT2D eigenvalue weighted by Crippen LogP contribution is -2.87. The molecule has 0 amide bonds. The zero-order valence-electron chi connectivity index (χ0n) is 12.3. The molecule has 0 aromatic heterocycles. The molecule has 2 aliphatic heterocycles. The molecule has 0 unspecified atom stereocenters. The molecular weight excluding hydrogens is 268 g/mol. The Morgan fingerprint density at radius 1 is 0.750 bits per heavy atom. The van der Waals surface area contributed by atoms with Crippen LogP contribution in [0.15, 0.2) is 0 Å². The zero-order valence-corrected chi connectivity index (χ0v) is 12.3. The van der Waals surface area contributed by atoms with Crippen molar-refractivity contribution in [3.8, 4) is 0 Å². The van der Waals surface area contributed by atoms with E-state index in [9.17, 15) is 0 Å². The summed E-state index contributed by atoms with van der Waals surface area (Å²) in [6.07, 6.45) is 0. The number of rotatable bonds is 0. The van der Waals surface area contributed by atoms with Gasteiger partial charge in [0.15, 0.2) is 0 Å². The van der Waals surface area contributed by atoms with Gasteiger partial charge >= 0.3 is 0 Å². The Hall–Kier alpha value is -1.22. The van der Waals surface area contributed by atoms with E-state index in [-0.39, 0.29) is 0 Å². The first kappa shape index (κ1) is 21.1. The largest absolute Gasteiger partial charge is 0.550 e. The Bertz CT molecular complexity index is 175. The molecule has 4 N–H and O–H groups in total. The summed E-state index contributed by atoms with van der Waals surface area (Å²) in [6, 6.07) is 0. The molecule has 0 aliphatic carbocycles. The highest BCUT2D eigenvalue weighted by Crippen LogP contribution is 1.69. The number of aliphatic carboxylic acids is 2. The van der Waals surface area contributed by atoms with Crippen molar-refractivity contribution >= 4 is 11.9 Å². The van der Waals surface area contributed by atoms with Crippen LogP contribution in [0, 0.1) is 0 Å². The molecule has 8 nitrogen and oxygen atoms in total. The lowest BCUT2D eigenvalue weighted by molar-refractivity contribution is -0.670. The number of ether oxygens (including phenoxy) is 2. The van der Waals surface area contributed by atoms with Crippen LogP contribution in [0.5, 0.6) is 0 Å². The normalized spacial score (nSPS) is 16.9. The number of carboxylic acids is 2. The SMILES string of the molecule is C1COCC[NH2+]1.C1COCC[NH2+]1.CC(=O)[O-].CC(=O)[O-]. The zero-order chi connectivity index (χ0) is 15.6. The fourth-order valence-electron chi connectivity index (χ4n) is 1.16. The van der Waals surface area contributed by atoms with Crippen LogP contribution in [-0.2, 0) is 19.1 Å². The Kier molecular flexibility index (Phi) is 18.7. The van der Waals surface area contributed by atoms with Crippen LogP contribution < -0.4 is 20.8 Å². The Morgan fingerprint density at radius 2 is 0.950 bits per heavy atom. The minimum atomic E-state index is -1.08. The third kappa shape index (κ3) is 36.0. The first-order chi connectivity index (χ1) is 9.46. The lowest BCUT2D eigenvalue weighted by atomic mass is 10.5. The second-order valence-corrected chi connectivity index (χ2v) is 3.94. The van der Waals surface area contributed by atoms with Gasteiger partial charge in [-0.05, 0) is 13.8 Å². The summed E-state index contributed by atoms with van der Waals surface area (Å²) in [7, 11) is 0. The summed E-state index contributed by atoms with van der Waals surface area (Å²) < 4.78 is 10.1. The molecule has 2 aliphatic rings. The Balaban J connectivity index is 0. The van der Waals surface area contributed by atoms with Crippen LogP contribution in [0.4, 0.5) is 0 Å². The molecule has 0 aromatic rings. The second-order valence-electron chi connectivity index (χ2n) is 3.94. The highest BCUT2D eigenvalue weighted by atomic mass is 16.5. The highest BCUT2D eigenvalue weighted by Gasteiger charge is 1.97. The summed E-state index contributed by atoms with van der Waals surface area (Å²) in [5.74, 6) is -2.17. The maximum Gasteiger partial charge on any atom is 0.0993 e. The van der Waals surface area contributed by atoms with Gasteiger partial charge in [-0.2, -0.15) is 0 Å². The first-order valence-electron chi connectivity index (χ1n) is 6.60. The number of carbonyl (C=O) groups excluding carboxylic acids is 2. The molecule has 0 radical (unpaired) electrons. The van der Waals surface area contributed by atoms with Crippen molar-refractivity contribution in [3.05, 3.63) is 0 Å². The van der Waals surface area contributed by atoms with Gasteiger partial charge in [-0.1, -0.05) is 0 Å². The molecule has 0 bridgehead atoms. The monoisotopic (exact) mass is 294 g/mol. The van der Waals surface area contributed by atoms with Crippen molar-refractivity contribution < 1.29 is 39.9 Å². The van der Waals surface area contributed by atoms with Crippen LogP contribution in [0.3, 0.4) is 0 Å².